The summed E-state index contributed by atoms with van der Waals surface area (Å²) in [5.41, 5.74) is -0.301. The molecule has 2 aromatic rings. The maximum Gasteiger partial charge on any atom is 0.328 e. The van der Waals surface area contributed by atoms with Gasteiger partial charge in [-0.2, -0.15) is 15.0 Å². The standard InChI is InChI=1S/C11H9Cl2N5O3/c1-17(2)10-14-9(13)15-11(16-10)21-8-6(12)4-3-5-7(8)18(19)20/h3-5H,1-2H3. The van der Waals surface area contributed by atoms with E-state index in [-0.39, 0.29) is 33.7 Å². The summed E-state index contributed by atoms with van der Waals surface area (Å²) in [5.74, 6) is 0.0934. The molecule has 0 saturated heterocycles. The van der Waals surface area contributed by atoms with Gasteiger partial charge in [0.2, 0.25) is 17.0 Å². The zero-order valence-electron chi connectivity index (χ0n) is 10.9. The van der Waals surface area contributed by atoms with Gasteiger partial charge in [-0.1, -0.05) is 17.7 Å². The molecule has 21 heavy (non-hydrogen) atoms. The summed E-state index contributed by atoms with van der Waals surface area (Å²) in [6, 6.07) is 3.98. The molecule has 8 nitrogen and oxygen atoms in total. The lowest BCUT2D eigenvalue weighted by Gasteiger charge is -2.11. The van der Waals surface area contributed by atoms with Crippen molar-refractivity contribution in [1.82, 2.24) is 15.0 Å². The number of ether oxygens (including phenoxy) is 1. The Morgan fingerprint density at radius 2 is 1.95 bits per heavy atom. The molecule has 0 aliphatic heterocycles. The van der Waals surface area contributed by atoms with Crippen LogP contribution in [0.15, 0.2) is 18.2 Å². The van der Waals surface area contributed by atoms with Crippen LogP contribution in [0.5, 0.6) is 11.8 Å². The molecule has 0 fully saturated rings. The lowest BCUT2D eigenvalue weighted by atomic mass is 10.3. The average Bonchev–Trinajstić information content (AvgIpc) is 2.40. The Labute approximate surface area is 129 Å². The van der Waals surface area contributed by atoms with Gasteiger partial charge in [-0.25, -0.2) is 0 Å². The minimum absolute atomic E-state index is 0.0622. The van der Waals surface area contributed by atoms with Gasteiger partial charge < -0.3 is 9.64 Å². The first-order chi connectivity index (χ1) is 9.88. The fourth-order valence-electron chi connectivity index (χ4n) is 1.40. The summed E-state index contributed by atoms with van der Waals surface area (Å²) in [5, 5.41) is 10.9. The second-order valence-corrected chi connectivity index (χ2v) is 4.77. The minimum atomic E-state index is -0.614. The van der Waals surface area contributed by atoms with Gasteiger partial charge in [0, 0.05) is 20.2 Å². The van der Waals surface area contributed by atoms with Crippen LogP contribution in [0.4, 0.5) is 11.6 Å². The number of hydrogen-bond donors (Lipinski definition) is 0. The van der Waals surface area contributed by atoms with E-state index in [1.165, 1.54) is 18.2 Å². The van der Waals surface area contributed by atoms with Crippen molar-refractivity contribution in [2.75, 3.05) is 19.0 Å². The van der Waals surface area contributed by atoms with Gasteiger partial charge in [0.05, 0.1) is 9.95 Å². The molecule has 2 rings (SSSR count). The fourth-order valence-corrected chi connectivity index (χ4v) is 1.76. The van der Waals surface area contributed by atoms with Crippen molar-refractivity contribution >= 4 is 34.8 Å². The molecule has 1 heterocycles. The number of nitro benzene ring substituents is 1. The van der Waals surface area contributed by atoms with Gasteiger partial charge in [0.25, 0.3) is 0 Å². The first-order valence-electron chi connectivity index (χ1n) is 5.58. The molecular formula is C11H9Cl2N5O3. The fraction of sp³-hybridized carbons (Fsp3) is 0.182. The lowest BCUT2D eigenvalue weighted by molar-refractivity contribution is -0.385. The first kappa shape index (κ1) is 15.2. The maximum absolute atomic E-state index is 11.0. The molecule has 0 atom stereocenters. The van der Waals surface area contributed by atoms with Crippen LogP contribution >= 0.6 is 23.2 Å². The van der Waals surface area contributed by atoms with Crippen molar-refractivity contribution in [2.24, 2.45) is 0 Å². The molecule has 0 aliphatic rings. The largest absolute Gasteiger partial charge is 0.415 e. The summed E-state index contributed by atoms with van der Waals surface area (Å²) in [6.07, 6.45) is 0. The third kappa shape index (κ3) is 3.47. The highest BCUT2D eigenvalue weighted by Gasteiger charge is 2.21. The third-order valence-corrected chi connectivity index (χ3v) is 2.78. The molecular weight excluding hydrogens is 321 g/mol. The molecule has 0 saturated carbocycles. The van der Waals surface area contributed by atoms with Gasteiger partial charge >= 0.3 is 11.7 Å². The quantitative estimate of drug-likeness (QED) is 0.628. The van der Waals surface area contributed by atoms with E-state index in [9.17, 15) is 10.1 Å². The second-order valence-electron chi connectivity index (χ2n) is 4.03. The predicted octanol–water partition coefficient (Wildman–Crippen LogP) is 2.94. The number of para-hydroxylation sites is 1. The van der Waals surface area contributed by atoms with Crippen molar-refractivity contribution in [2.45, 2.75) is 0 Å². The Morgan fingerprint density at radius 3 is 2.57 bits per heavy atom. The van der Waals surface area contributed by atoms with Crippen molar-refractivity contribution < 1.29 is 9.66 Å². The molecule has 0 bridgehead atoms. The topological polar surface area (TPSA) is 94.3 Å². The number of anilines is 1. The molecule has 0 N–H and O–H groups in total. The molecule has 1 aromatic carbocycles. The number of hydrogen-bond acceptors (Lipinski definition) is 7. The number of benzene rings is 1. The van der Waals surface area contributed by atoms with E-state index in [2.05, 4.69) is 15.0 Å². The van der Waals surface area contributed by atoms with E-state index in [4.69, 9.17) is 27.9 Å². The van der Waals surface area contributed by atoms with Crippen LogP contribution in [0.3, 0.4) is 0 Å². The van der Waals surface area contributed by atoms with Crippen molar-refractivity contribution in [3.05, 3.63) is 38.6 Å². The SMILES string of the molecule is CN(C)c1nc(Cl)nc(Oc2c(Cl)cccc2[N+](=O)[O-])n1. The van der Waals surface area contributed by atoms with Crippen LogP contribution in [0.1, 0.15) is 0 Å². The number of nitrogens with zero attached hydrogens (tertiary/aromatic N) is 5. The van der Waals surface area contributed by atoms with E-state index < -0.39 is 4.92 Å². The van der Waals surface area contributed by atoms with E-state index in [0.717, 1.165) is 0 Å². The van der Waals surface area contributed by atoms with Crippen LogP contribution < -0.4 is 9.64 Å². The number of halogens is 2. The highest BCUT2D eigenvalue weighted by atomic mass is 35.5. The van der Waals surface area contributed by atoms with Crippen LogP contribution in [-0.4, -0.2) is 34.0 Å². The van der Waals surface area contributed by atoms with E-state index in [0.29, 0.717) is 0 Å². The smallest absolute Gasteiger partial charge is 0.328 e. The lowest BCUT2D eigenvalue weighted by Crippen LogP contribution is -2.13. The summed E-state index contributed by atoms with van der Waals surface area (Å²) in [4.78, 5) is 23.6. The second kappa shape index (κ2) is 6.06. The molecule has 0 spiro atoms. The van der Waals surface area contributed by atoms with Crippen molar-refractivity contribution in [1.29, 1.82) is 0 Å². The zero-order valence-corrected chi connectivity index (χ0v) is 12.5. The predicted molar refractivity (Wildman–Crippen MR) is 77.3 cm³/mol. The monoisotopic (exact) mass is 329 g/mol. The van der Waals surface area contributed by atoms with Crippen LogP contribution in [0.25, 0.3) is 0 Å². The van der Waals surface area contributed by atoms with Gasteiger partial charge in [-0.15, -0.1) is 0 Å². The van der Waals surface area contributed by atoms with Gasteiger partial charge in [-0.3, -0.25) is 10.1 Å². The van der Waals surface area contributed by atoms with Gasteiger partial charge in [0.1, 0.15) is 0 Å². The highest BCUT2D eigenvalue weighted by molar-refractivity contribution is 6.32. The number of aromatic nitrogens is 3. The normalized spacial score (nSPS) is 10.3. The molecule has 10 heteroatoms. The van der Waals surface area contributed by atoms with Crippen LogP contribution in [0, 0.1) is 10.1 Å². The zero-order chi connectivity index (χ0) is 15.6. The van der Waals surface area contributed by atoms with Crippen LogP contribution in [0.2, 0.25) is 10.3 Å². The Bertz CT molecular complexity index is 696. The molecule has 110 valence electrons. The number of nitro groups is 1. The maximum atomic E-state index is 11.0. The first-order valence-corrected chi connectivity index (χ1v) is 6.33. The minimum Gasteiger partial charge on any atom is -0.415 e. The van der Waals surface area contributed by atoms with Gasteiger partial charge in [0.15, 0.2) is 0 Å². The average molecular weight is 330 g/mol. The Balaban J connectivity index is 2.45. The Morgan fingerprint density at radius 1 is 1.24 bits per heavy atom. The Hall–Kier alpha value is -2.19. The molecule has 0 radical (unpaired) electrons. The van der Waals surface area contributed by atoms with Crippen molar-refractivity contribution in [3.63, 3.8) is 0 Å². The van der Waals surface area contributed by atoms with E-state index >= 15 is 0 Å². The molecule has 0 aliphatic carbocycles. The molecule has 1 aromatic heterocycles. The summed E-state index contributed by atoms with van der Waals surface area (Å²) < 4.78 is 5.33. The number of rotatable bonds is 4. The third-order valence-electron chi connectivity index (χ3n) is 2.31. The highest BCUT2D eigenvalue weighted by Crippen LogP contribution is 2.37. The molecule has 0 amide bonds. The summed E-state index contributed by atoms with van der Waals surface area (Å²) in [7, 11) is 3.40. The van der Waals surface area contributed by atoms with Crippen LogP contribution in [-0.2, 0) is 0 Å². The molecule has 0 unspecified atom stereocenters. The summed E-state index contributed by atoms with van der Waals surface area (Å²) in [6.45, 7) is 0. The van der Waals surface area contributed by atoms with E-state index in [1.54, 1.807) is 19.0 Å². The van der Waals surface area contributed by atoms with E-state index in [1.807, 2.05) is 0 Å². The van der Waals surface area contributed by atoms with Gasteiger partial charge in [-0.05, 0) is 17.7 Å². The Kier molecular flexibility index (Phi) is 4.39. The van der Waals surface area contributed by atoms with Crippen molar-refractivity contribution in [3.8, 4) is 11.8 Å². The summed E-state index contributed by atoms with van der Waals surface area (Å²) >= 11 is 11.7.